The molecule has 4 heteroatoms. The first-order valence-corrected chi connectivity index (χ1v) is 6.33. The van der Waals surface area contributed by atoms with Crippen molar-refractivity contribution in [1.82, 2.24) is 20.1 Å². The topological polar surface area (TPSA) is 42.7 Å². The summed E-state index contributed by atoms with van der Waals surface area (Å²) in [6, 6.07) is 1.18. The van der Waals surface area contributed by atoms with Gasteiger partial charge in [-0.15, -0.1) is 0 Å². The molecule has 1 aliphatic heterocycles. The van der Waals surface area contributed by atoms with Gasteiger partial charge in [0.25, 0.3) is 0 Å². The van der Waals surface area contributed by atoms with E-state index in [1.807, 2.05) is 4.68 Å². The van der Waals surface area contributed by atoms with Gasteiger partial charge in [-0.3, -0.25) is 0 Å². The van der Waals surface area contributed by atoms with Crippen LogP contribution in [0.15, 0.2) is 6.33 Å². The molecule has 0 radical (unpaired) electrons. The summed E-state index contributed by atoms with van der Waals surface area (Å²) in [7, 11) is 0. The number of aryl methyl sites for hydroxylation is 1. The van der Waals surface area contributed by atoms with Crippen molar-refractivity contribution in [2.45, 2.75) is 58.7 Å². The summed E-state index contributed by atoms with van der Waals surface area (Å²) < 4.78 is 2.04. The number of fused-ring (bicyclic) bond motifs is 1. The molecule has 1 aromatic rings. The molecule has 2 heterocycles. The van der Waals surface area contributed by atoms with Crippen molar-refractivity contribution in [1.29, 1.82) is 0 Å². The van der Waals surface area contributed by atoms with Crippen LogP contribution in [-0.2, 0) is 13.0 Å². The summed E-state index contributed by atoms with van der Waals surface area (Å²) in [5, 5.41) is 8.00. The molecule has 16 heavy (non-hydrogen) atoms. The van der Waals surface area contributed by atoms with Crippen molar-refractivity contribution < 1.29 is 0 Å². The molecular formula is C12H22N4. The van der Waals surface area contributed by atoms with E-state index in [2.05, 4.69) is 36.2 Å². The van der Waals surface area contributed by atoms with Crippen molar-refractivity contribution in [2.75, 3.05) is 0 Å². The van der Waals surface area contributed by atoms with E-state index in [0.29, 0.717) is 18.0 Å². The molecule has 1 N–H and O–H groups in total. The number of nitrogens with zero attached hydrogens (tertiary/aromatic N) is 3. The lowest BCUT2D eigenvalue weighted by Gasteiger charge is -2.30. The molecule has 0 aromatic carbocycles. The molecule has 2 atom stereocenters. The van der Waals surface area contributed by atoms with Gasteiger partial charge in [-0.2, -0.15) is 5.10 Å². The van der Waals surface area contributed by atoms with Crippen LogP contribution in [0.1, 0.15) is 39.4 Å². The van der Waals surface area contributed by atoms with E-state index in [-0.39, 0.29) is 0 Å². The van der Waals surface area contributed by atoms with Gasteiger partial charge in [0.1, 0.15) is 12.2 Å². The van der Waals surface area contributed by atoms with Crippen LogP contribution < -0.4 is 5.32 Å². The average molecular weight is 222 g/mol. The molecule has 2 rings (SSSR count). The SMILES string of the molecule is CCC(NC1CCc2ncnn2C1)C(C)C. The fourth-order valence-electron chi connectivity index (χ4n) is 2.46. The first-order chi connectivity index (χ1) is 7.70. The molecule has 90 valence electrons. The summed E-state index contributed by atoms with van der Waals surface area (Å²) in [6.07, 6.45) is 5.09. The number of aromatic nitrogens is 3. The maximum Gasteiger partial charge on any atom is 0.138 e. The Morgan fingerprint density at radius 2 is 2.38 bits per heavy atom. The van der Waals surface area contributed by atoms with Crippen LogP contribution in [0.3, 0.4) is 0 Å². The Morgan fingerprint density at radius 1 is 1.56 bits per heavy atom. The minimum Gasteiger partial charge on any atom is -0.309 e. The van der Waals surface area contributed by atoms with Gasteiger partial charge in [-0.05, 0) is 18.8 Å². The Kier molecular flexibility index (Phi) is 3.59. The van der Waals surface area contributed by atoms with E-state index >= 15 is 0 Å². The zero-order valence-corrected chi connectivity index (χ0v) is 10.5. The standard InChI is InChI=1S/C12H22N4/c1-4-11(9(2)3)15-10-5-6-12-13-8-14-16(12)7-10/h8-11,15H,4-7H2,1-3H3. The smallest absolute Gasteiger partial charge is 0.138 e. The van der Waals surface area contributed by atoms with E-state index in [1.165, 1.54) is 12.8 Å². The summed E-state index contributed by atoms with van der Waals surface area (Å²) >= 11 is 0. The molecule has 1 aliphatic rings. The maximum atomic E-state index is 4.25. The largest absolute Gasteiger partial charge is 0.309 e. The summed E-state index contributed by atoms with van der Waals surface area (Å²) in [4.78, 5) is 4.25. The lowest BCUT2D eigenvalue weighted by Crippen LogP contribution is -2.45. The molecule has 0 saturated carbocycles. The number of rotatable bonds is 4. The molecule has 2 unspecified atom stereocenters. The summed E-state index contributed by atoms with van der Waals surface area (Å²) in [5.74, 6) is 1.83. The van der Waals surface area contributed by atoms with Gasteiger partial charge in [0.15, 0.2) is 0 Å². The van der Waals surface area contributed by atoms with Crippen LogP contribution in [0.25, 0.3) is 0 Å². The highest BCUT2D eigenvalue weighted by molar-refractivity contribution is 4.93. The predicted molar refractivity (Wildman–Crippen MR) is 64.2 cm³/mol. The Labute approximate surface area is 97.5 Å². The summed E-state index contributed by atoms with van der Waals surface area (Å²) in [6.45, 7) is 7.79. The highest BCUT2D eigenvalue weighted by Gasteiger charge is 2.22. The van der Waals surface area contributed by atoms with E-state index in [4.69, 9.17) is 0 Å². The highest BCUT2D eigenvalue weighted by atomic mass is 15.3. The van der Waals surface area contributed by atoms with Crippen LogP contribution in [0.2, 0.25) is 0 Å². The van der Waals surface area contributed by atoms with Crippen molar-refractivity contribution >= 4 is 0 Å². The van der Waals surface area contributed by atoms with Gasteiger partial charge >= 0.3 is 0 Å². The lowest BCUT2D eigenvalue weighted by atomic mass is 9.98. The molecule has 0 saturated heterocycles. The lowest BCUT2D eigenvalue weighted by molar-refractivity contribution is 0.285. The zero-order chi connectivity index (χ0) is 11.5. The minimum atomic E-state index is 0.557. The Balaban J connectivity index is 1.93. The first kappa shape index (κ1) is 11.6. The molecule has 4 nitrogen and oxygen atoms in total. The zero-order valence-electron chi connectivity index (χ0n) is 10.5. The third-order valence-corrected chi connectivity index (χ3v) is 3.50. The van der Waals surface area contributed by atoms with Crippen molar-refractivity contribution in [3.05, 3.63) is 12.2 Å². The molecule has 0 fully saturated rings. The van der Waals surface area contributed by atoms with Gasteiger partial charge in [0.05, 0.1) is 6.54 Å². The first-order valence-electron chi connectivity index (χ1n) is 6.33. The normalized spacial score (nSPS) is 22.1. The Morgan fingerprint density at radius 3 is 3.06 bits per heavy atom. The second kappa shape index (κ2) is 4.95. The van der Waals surface area contributed by atoms with Crippen molar-refractivity contribution in [3.63, 3.8) is 0 Å². The molecule has 0 amide bonds. The van der Waals surface area contributed by atoms with Crippen LogP contribution in [0.4, 0.5) is 0 Å². The quantitative estimate of drug-likeness (QED) is 0.841. The van der Waals surface area contributed by atoms with Gasteiger partial charge < -0.3 is 5.32 Å². The van der Waals surface area contributed by atoms with Crippen molar-refractivity contribution in [2.24, 2.45) is 5.92 Å². The monoisotopic (exact) mass is 222 g/mol. The van der Waals surface area contributed by atoms with Crippen LogP contribution in [-0.4, -0.2) is 26.8 Å². The Hall–Kier alpha value is -0.900. The number of hydrogen-bond donors (Lipinski definition) is 1. The second-order valence-electron chi connectivity index (χ2n) is 5.02. The third kappa shape index (κ3) is 2.43. The molecule has 0 aliphatic carbocycles. The van der Waals surface area contributed by atoms with Gasteiger partial charge in [0.2, 0.25) is 0 Å². The molecular weight excluding hydrogens is 200 g/mol. The predicted octanol–water partition coefficient (Wildman–Crippen LogP) is 1.62. The maximum absolute atomic E-state index is 4.25. The molecule has 0 bridgehead atoms. The van der Waals surface area contributed by atoms with Gasteiger partial charge in [-0.25, -0.2) is 9.67 Å². The van der Waals surface area contributed by atoms with E-state index in [0.717, 1.165) is 18.8 Å². The number of nitrogens with one attached hydrogen (secondary N) is 1. The minimum absolute atomic E-state index is 0.557. The molecule has 0 spiro atoms. The third-order valence-electron chi connectivity index (χ3n) is 3.50. The second-order valence-corrected chi connectivity index (χ2v) is 5.02. The van der Waals surface area contributed by atoms with Gasteiger partial charge in [0, 0.05) is 18.5 Å². The van der Waals surface area contributed by atoms with E-state index in [9.17, 15) is 0 Å². The van der Waals surface area contributed by atoms with E-state index < -0.39 is 0 Å². The number of hydrogen-bond acceptors (Lipinski definition) is 3. The fraction of sp³-hybridized carbons (Fsp3) is 0.833. The van der Waals surface area contributed by atoms with E-state index in [1.54, 1.807) is 6.33 Å². The highest BCUT2D eigenvalue weighted by Crippen LogP contribution is 2.14. The Bertz CT molecular complexity index is 332. The van der Waals surface area contributed by atoms with Crippen LogP contribution in [0.5, 0.6) is 0 Å². The molecule has 1 aromatic heterocycles. The van der Waals surface area contributed by atoms with Crippen LogP contribution in [0, 0.1) is 5.92 Å². The fourth-order valence-corrected chi connectivity index (χ4v) is 2.46. The average Bonchev–Trinajstić information content (AvgIpc) is 2.72. The van der Waals surface area contributed by atoms with Gasteiger partial charge in [-0.1, -0.05) is 20.8 Å². The van der Waals surface area contributed by atoms with Crippen molar-refractivity contribution in [3.8, 4) is 0 Å². The van der Waals surface area contributed by atoms with Crippen LogP contribution >= 0.6 is 0 Å². The summed E-state index contributed by atoms with van der Waals surface area (Å²) in [5.41, 5.74) is 0.